The lowest BCUT2D eigenvalue weighted by Crippen LogP contribution is -1.67. The van der Waals surface area contributed by atoms with Gasteiger partial charge in [0.25, 0.3) is 0 Å². The summed E-state index contributed by atoms with van der Waals surface area (Å²) < 4.78 is 0. The number of phenolic OH excluding ortho intramolecular Hbond substituents is 5. The SMILES string of the molecule is Oc1cccc(O)c1O.Oc1ccccc1.Oc1ccccc1. The van der Waals surface area contributed by atoms with Crippen molar-refractivity contribution in [3.05, 3.63) is 78.9 Å². The summed E-state index contributed by atoms with van der Waals surface area (Å²) in [7, 11) is 0. The number of aromatic hydroxyl groups is 5. The first kappa shape index (κ1) is 17.7. The van der Waals surface area contributed by atoms with E-state index in [-0.39, 0.29) is 11.5 Å². The van der Waals surface area contributed by atoms with Crippen molar-refractivity contribution in [1.29, 1.82) is 0 Å². The topological polar surface area (TPSA) is 101 Å². The highest BCUT2D eigenvalue weighted by Gasteiger charge is 2.00. The number of rotatable bonds is 0. The van der Waals surface area contributed by atoms with Gasteiger partial charge in [-0.05, 0) is 36.4 Å². The first-order valence-corrected chi connectivity index (χ1v) is 6.68. The van der Waals surface area contributed by atoms with Gasteiger partial charge in [-0.15, -0.1) is 0 Å². The lowest BCUT2D eigenvalue weighted by atomic mass is 10.3. The summed E-state index contributed by atoms with van der Waals surface area (Å²) in [6, 6.07) is 21.4. The Morgan fingerprint density at radius 3 is 0.957 bits per heavy atom. The van der Waals surface area contributed by atoms with Crippen molar-refractivity contribution in [2.75, 3.05) is 0 Å². The predicted octanol–water partition coefficient (Wildman–Crippen LogP) is 3.59. The standard InChI is InChI=1S/C6H6O3.2C6H6O/c7-4-2-1-3-5(8)6(4)9;2*7-6-4-2-1-3-5-6/h1-3,7-9H;2*1-5,7H. The Morgan fingerprint density at radius 2 is 0.739 bits per heavy atom. The minimum Gasteiger partial charge on any atom is -0.508 e. The molecule has 0 saturated heterocycles. The maximum absolute atomic E-state index is 8.71. The maximum Gasteiger partial charge on any atom is 0.200 e. The molecule has 120 valence electrons. The van der Waals surface area contributed by atoms with Crippen LogP contribution in [0.3, 0.4) is 0 Å². The van der Waals surface area contributed by atoms with E-state index in [9.17, 15) is 0 Å². The molecule has 0 unspecified atom stereocenters. The van der Waals surface area contributed by atoms with Crippen LogP contribution in [0.1, 0.15) is 0 Å². The van der Waals surface area contributed by atoms with Crippen molar-refractivity contribution in [1.82, 2.24) is 0 Å². The summed E-state index contributed by atoms with van der Waals surface area (Å²) >= 11 is 0. The molecule has 5 N–H and O–H groups in total. The van der Waals surface area contributed by atoms with Gasteiger partial charge in [0, 0.05) is 0 Å². The molecule has 0 atom stereocenters. The van der Waals surface area contributed by atoms with E-state index >= 15 is 0 Å². The van der Waals surface area contributed by atoms with Crippen LogP contribution in [-0.4, -0.2) is 25.5 Å². The first-order valence-electron chi connectivity index (χ1n) is 6.68. The van der Waals surface area contributed by atoms with Gasteiger partial charge in [0.05, 0.1) is 0 Å². The molecule has 0 heterocycles. The second kappa shape index (κ2) is 9.57. The van der Waals surface area contributed by atoms with Crippen LogP contribution in [-0.2, 0) is 0 Å². The quantitative estimate of drug-likeness (QED) is 0.408. The Bertz CT molecular complexity index is 627. The van der Waals surface area contributed by atoms with Crippen molar-refractivity contribution >= 4 is 0 Å². The normalized spacial score (nSPS) is 8.87. The maximum atomic E-state index is 8.71. The molecule has 0 amide bonds. The Balaban J connectivity index is 0.000000175. The van der Waals surface area contributed by atoms with E-state index in [0.29, 0.717) is 11.5 Å². The van der Waals surface area contributed by atoms with E-state index in [1.807, 2.05) is 12.1 Å². The molecule has 0 aliphatic rings. The van der Waals surface area contributed by atoms with Crippen LogP contribution in [0, 0.1) is 0 Å². The summed E-state index contributed by atoms with van der Waals surface area (Å²) in [4.78, 5) is 0. The van der Waals surface area contributed by atoms with Crippen LogP contribution in [0.2, 0.25) is 0 Å². The largest absolute Gasteiger partial charge is 0.508 e. The van der Waals surface area contributed by atoms with E-state index in [1.54, 1.807) is 48.5 Å². The summed E-state index contributed by atoms with van der Waals surface area (Å²) in [5, 5.41) is 43.4. The van der Waals surface area contributed by atoms with Crippen molar-refractivity contribution in [2.45, 2.75) is 0 Å². The van der Waals surface area contributed by atoms with Gasteiger partial charge in [0.2, 0.25) is 0 Å². The number of benzene rings is 3. The third-order valence-electron chi connectivity index (χ3n) is 2.51. The van der Waals surface area contributed by atoms with Crippen molar-refractivity contribution in [3.63, 3.8) is 0 Å². The van der Waals surface area contributed by atoms with E-state index in [2.05, 4.69) is 0 Å². The highest BCUT2D eigenvalue weighted by atomic mass is 16.3. The second-order valence-electron chi connectivity index (χ2n) is 4.32. The zero-order valence-electron chi connectivity index (χ0n) is 12.2. The third kappa shape index (κ3) is 7.29. The molecule has 23 heavy (non-hydrogen) atoms. The molecule has 0 aliphatic heterocycles. The van der Waals surface area contributed by atoms with Crippen LogP contribution < -0.4 is 0 Å². The van der Waals surface area contributed by atoms with Gasteiger partial charge in [-0.1, -0.05) is 42.5 Å². The Labute approximate surface area is 134 Å². The van der Waals surface area contributed by atoms with E-state index in [1.165, 1.54) is 18.2 Å². The molecule has 3 rings (SSSR count). The molecule has 0 spiro atoms. The van der Waals surface area contributed by atoms with Crippen LogP contribution in [0.4, 0.5) is 0 Å². The van der Waals surface area contributed by atoms with Gasteiger partial charge in [0.1, 0.15) is 11.5 Å². The fourth-order valence-electron chi connectivity index (χ4n) is 1.38. The average Bonchev–Trinajstić information content (AvgIpc) is 2.55. The second-order valence-corrected chi connectivity index (χ2v) is 4.32. The van der Waals surface area contributed by atoms with E-state index < -0.39 is 5.75 Å². The molecule has 0 bridgehead atoms. The number of para-hydroxylation sites is 3. The van der Waals surface area contributed by atoms with Crippen molar-refractivity contribution in [3.8, 4) is 28.7 Å². The molecule has 0 fully saturated rings. The molecule has 0 aromatic heterocycles. The van der Waals surface area contributed by atoms with E-state index in [0.717, 1.165) is 0 Å². The summed E-state index contributed by atoms with van der Waals surface area (Å²) in [5.41, 5.74) is 0. The number of phenols is 5. The van der Waals surface area contributed by atoms with Crippen LogP contribution >= 0.6 is 0 Å². The summed E-state index contributed by atoms with van der Waals surface area (Å²) in [6.45, 7) is 0. The van der Waals surface area contributed by atoms with Crippen LogP contribution in [0.25, 0.3) is 0 Å². The minimum atomic E-state index is -0.475. The van der Waals surface area contributed by atoms with E-state index in [4.69, 9.17) is 25.5 Å². The molecule has 5 nitrogen and oxygen atoms in total. The Morgan fingerprint density at radius 1 is 0.391 bits per heavy atom. The fourth-order valence-corrected chi connectivity index (χ4v) is 1.38. The zero-order valence-corrected chi connectivity index (χ0v) is 12.2. The molecule has 3 aromatic rings. The molecular weight excluding hydrogens is 296 g/mol. The molecule has 0 aliphatic carbocycles. The van der Waals surface area contributed by atoms with Gasteiger partial charge in [0.15, 0.2) is 17.2 Å². The predicted molar refractivity (Wildman–Crippen MR) is 87.7 cm³/mol. The third-order valence-corrected chi connectivity index (χ3v) is 2.51. The Kier molecular flexibility index (Phi) is 7.37. The van der Waals surface area contributed by atoms with Gasteiger partial charge in [-0.3, -0.25) is 0 Å². The van der Waals surface area contributed by atoms with Gasteiger partial charge in [-0.25, -0.2) is 0 Å². The van der Waals surface area contributed by atoms with Crippen LogP contribution in [0.15, 0.2) is 78.9 Å². The number of hydrogen-bond acceptors (Lipinski definition) is 5. The van der Waals surface area contributed by atoms with Gasteiger partial charge >= 0.3 is 0 Å². The fraction of sp³-hybridized carbons (Fsp3) is 0. The first-order chi connectivity index (χ1) is 11.0. The van der Waals surface area contributed by atoms with Crippen molar-refractivity contribution < 1.29 is 25.5 Å². The lowest BCUT2D eigenvalue weighted by Gasteiger charge is -1.96. The summed E-state index contributed by atoms with van der Waals surface area (Å²) in [5.74, 6) is -0.451. The monoisotopic (exact) mass is 314 g/mol. The molecular formula is C18H18O5. The molecule has 5 heteroatoms. The number of hydrogen-bond donors (Lipinski definition) is 5. The lowest BCUT2D eigenvalue weighted by molar-refractivity contribution is 0.368. The summed E-state index contributed by atoms with van der Waals surface area (Å²) in [6.07, 6.45) is 0. The molecule has 0 saturated carbocycles. The highest BCUT2D eigenvalue weighted by Crippen LogP contribution is 2.32. The molecule has 3 aromatic carbocycles. The van der Waals surface area contributed by atoms with Gasteiger partial charge in [-0.2, -0.15) is 0 Å². The zero-order chi connectivity index (χ0) is 17.1. The Hall–Kier alpha value is -3.34. The van der Waals surface area contributed by atoms with Crippen molar-refractivity contribution in [2.24, 2.45) is 0 Å². The minimum absolute atomic E-state index is 0.310. The van der Waals surface area contributed by atoms with Crippen LogP contribution in [0.5, 0.6) is 28.7 Å². The van der Waals surface area contributed by atoms with Gasteiger partial charge < -0.3 is 25.5 Å². The smallest absolute Gasteiger partial charge is 0.200 e. The average molecular weight is 314 g/mol. The molecule has 0 radical (unpaired) electrons. The highest BCUT2D eigenvalue weighted by molar-refractivity contribution is 5.47.